The second-order valence-corrected chi connectivity index (χ2v) is 9.14. The molecule has 11 nitrogen and oxygen atoms in total. The van der Waals surface area contributed by atoms with E-state index in [0.717, 1.165) is 0 Å². The molecule has 5 rings (SSSR count). The molecule has 12 heteroatoms. The molecule has 0 radical (unpaired) electrons. The highest BCUT2D eigenvalue weighted by Gasteiger charge is 2.41. The standard InChI is InChI=1S/C27H25FN8O3/c1-3-36(16-29)26-31-13-10-20(33-26)22-21(17-4-6-18(28)7-5-17)34-23(35-22)24-38-14-27(2,15-39-24)25(37)32-19-8-11-30-12-9-19/h4-13,24H,3,14-15H2,1-2H3,(H,34,35)(H,30,32,37). The highest BCUT2D eigenvalue weighted by Crippen LogP contribution is 2.36. The van der Waals surface area contributed by atoms with E-state index >= 15 is 0 Å². The number of hydrogen-bond donors (Lipinski definition) is 2. The van der Waals surface area contributed by atoms with Crippen LogP contribution in [0.5, 0.6) is 0 Å². The number of benzene rings is 1. The molecule has 0 spiro atoms. The summed E-state index contributed by atoms with van der Waals surface area (Å²) in [5.41, 5.74) is 1.82. The fourth-order valence-corrected chi connectivity index (χ4v) is 3.99. The van der Waals surface area contributed by atoms with E-state index in [-0.39, 0.29) is 30.9 Å². The molecule has 0 atom stereocenters. The Balaban J connectivity index is 1.42. The SMILES string of the molecule is CCN(C#N)c1nccc(-c2[nH]c(C3OCC(C)(C(=O)Nc4ccncc4)CO3)nc2-c2ccc(F)cc2)n1. The quantitative estimate of drug-likeness (QED) is 0.268. The van der Waals surface area contributed by atoms with E-state index in [0.29, 0.717) is 40.7 Å². The molecule has 4 aromatic rings. The molecule has 1 fully saturated rings. The summed E-state index contributed by atoms with van der Waals surface area (Å²) in [6, 6.07) is 11.0. The third-order valence-electron chi connectivity index (χ3n) is 6.23. The smallest absolute Gasteiger partial charge is 0.239 e. The number of nitrogens with zero attached hydrogens (tertiary/aromatic N) is 6. The van der Waals surface area contributed by atoms with Gasteiger partial charge in [-0.2, -0.15) is 5.26 Å². The lowest BCUT2D eigenvalue weighted by molar-refractivity contribution is -0.229. The van der Waals surface area contributed by atoms with Gasteiger partial charge in [0.1, 0.15) is 5.82 Å². The number of pyridine rings is 1. The normalized spacial score (nSPS) is 18.8. The van der Waals surface area contributed by atoms with E-state index in [1.54, 1.807) is 55.8 Å². The van der Waals surface area contributed by atoms with Gasteiger partial charge < -0.3 is 19.8 Å². The van der Waals surface area contributed by atoms with Crippen LogP contribution in [0.25, 0.3) is 22.6 Å². The van der Waals surface area contributed by atoms with Gasteiger partial charge in [0.15, 0.2) is 12.0 Å². The van der Waals surface area contributed by atoms with Gasteiger partial charge in [-0.3, -0.25) is 9.78 Å². The van der Waals surface area contributed by atoms with E-state index < -0.39 is 11.7 Å². The summed E-state index contributed by atoms with van der Waals surface area (Å²) in [6.45, 7) is 4.15. The molecule has 39 heavy (non-hydrogen) atoms. The van der Waals surface area contributed by atoms with Crippen LogP contribution in [-0.2, 0) is 14.3 Å². The van der Waals surface area contributed by atoms with Crippen LogP contribution in [0.4, 0.5) is 16.0 Å². The van der Waals surface area contributed by atoms with Gasteiger partial charge in [-0.25, -0.2) is 24.2 Å². The summed E-state index contributed by atoms with van der Waals surface area (Å²) in [5.74, 6) is -0.0319. The van der Waals surface area contributed by atoms with Crippen LogP contribution < -0.4 is 10.2 Å². The van der Waals surface area contributed by atoms with Crippen LogP contribution in [0.2, 0.25) is 0 Å². The number of carbonyl (C=O) groups excluding carboxylic acids is 1. The van der Waals surface area contributed by atoms with E-state index in [2.05, 4.69) is 31.4 Å². The number of H-pyrrole nitrogens is 1. The molecule has 0 saturated carbocycles. The van der Waals surface area contributed by atoms with Gasteiger partial charge in [-0.05, 0) is 56.3 Å². The highest BCUT2D eigenvalue weighted by atomic mass is 19.1. The molecule has 2 N–H and O–H groups in total. The van der Waals surface area contributed by atoms with Gasteiger partial charge in [0.25, 0.3) is 0 Å². The Hall–Kier alpha value is -4.73. The minimum atomic E-state index is -0.933. The first-order chi connectivity index (χ1) is 18.9. The van der Waals surface area contributed by atoms with Gasteiger partial charge in [-0.15, -0.1) is 0 Å². The second kappa shape index (κ2) is 10.9. The van der Waals surface area contributed by atoms with Crippen molar-refractivity contribution in [1.29, 1.82) is 5.26 Å². The monoisotopic (exact) mass is 528 g/mol. The molecule has 198 valence electrons. The number of halogens is 1. The Morgan fingerprint density at radius 1 is 1.15 bits per heavy atom. The number of carbonyl (C=O) groups is 1. The van der Waals surface area contributed by atoms with Crippen molar-refractivity contribution < 1.29 is 18.7 Å². The lowest BCUT2D eigenvalue weighted by atomic mass is 9.91. The largest absolute Gasteiger partial charge is 0.345 e. The fourth-order valence-electron chi connectivity index (χ4n) is 3.99. The number of hydrogen-bond acceptors (Lipinski definition) is 9. The average molecular weight is 529 g/mol. The number of imidazole rings is 1. The van der Waals surface area contributed by atoms with Crippen LogP contribution in [0.3, 0.4) is 0 Å². The first-order valence-electron chi connectivity index (χ1n) is 12.2. The van der Waals surface area contributed by atoms with Gasteiger partial charge in [0.05, 0.1) is 35.7 Å². The molecule has 0 unspecified atom stereocenters. The number of nitriles is 1. The molecule has 0 bridgehead atoms. The minimum Gasteiger partial charge on any atom is -0.345 e. The van der Waals surface area contributed by atoms with Crippen molar-refractivity contribution in [3.05, 3.63) is 72.7 Å². The predicted molar refractivity (Wildman–Crippen MR) is 139 cm³/mol. The van der Waals surface area contributed by atoms with Crippen molar-refractivity contribution in [1.82, 2.24) is 24.9 Å². The van der Waals surface area contributed by atoms with Crippen LogP contribution in [0.1, 0.15) is 26.0 Å². The van der Waals surface area contributed by atoms with Gasteiger partial charge >= 0.3 is 0 Å². The number of nitrogens with one attached hydrogen (secondary N) is 2. The van der Waals surface area contributed by atoms with Crippen LogP contribution in [0, 0.1) is 22.7 Å². The Morgan fingerprint density at radius 3 is 2.54 bits per heavy atom. The first-order valence-corrected chi connectivity index (χ1v) is 12.2. The predicted octanol–water partition coefficient (Wildman–Crippen LogP) is 4.07. The third kappa shape index (κ3) is 5.45. The van der Waals surface area contributed by atoms with E-state index in [9.17, 15) is 14.4 Å². The highest BCUT2D eigenvalue weighted by molar-refractivity contribution is 5.95. The summed E-state index contributed by atoms with van der Waals surface area (Å²) in [7, 11) is 0. The van der Waals surface area contributed by atoms with Gasteiger partial charge in [-0.1, -0.05) is 0 Å². The molecule has 1 aromatic carbocycles. The first kappa shape index (κ1) is 25.9. The molecule has 1 aliphatic heterocycles. The minimum absolute atomic E-state index is 0.0851. The molecular weight excluding hydrogens is 503 g/mol. The molecular formula is C27H25FN8O3. The Bertz CT molecular complexity index is 1500. The molecule has 1 aliphatic rings. The van der Waals surface area contributed by atoms with Crippen molar-refractivity contribution in [2.45, 2.75) is 20.1 Å². The zero-order valence-corrected chi connectivity index (χ0v) is 21.3. The summed E-state index contributed by atoms with van der Waals surface area (Å²) in [5, 5.41) is 12.3. The molecule has 1 amide bonds. The van der Waals surface area contributed by atoms with Gasteiger partial charge in [0, 0.05) is 36.4 Å². The summed E-state index contributed by atoms with van der Waals surface area (Å²) in [6.07, 6.45) is 5.91. The summed E-state index contributed by atoms with van der Waals surface area (Å²) < 4.78 is 25.6. The van der Waals surface area contributed by atoms with Crippen LogP contribution in [-0.4, -0.2) is 50.6 Å². The molecule has 1 saturated heterocycles. The lowest BCUT2D eigenvalue weighted by Gasteiger charge is -2.35. The maximum Gasteiger partial charge on any atom is 0.239 e. The number of aromatic nitrogens is 5. The fraction of sp³-hybridized carbons (Fsp3) is 0.259. The van der Waals surface area contributed by atoms with Crippen molar-refractivity contribution in [3.8, 4) is 28.8 Å². The van der Waals surface area contributed by atoms with Crippen LogP contribution in [0.15, 0.2) is 61.1 Å². The van der Waals surface area contributed by atoms with E-state index in [1.165, 1.54) is 17.0 Å². The zero-order valence-electron chi connectivity index (χ0n) is 21.3. The van der Waals surface area contributed by atoms with Crippen molar-refractivity contribution >= 4 is 17.5 Å². The van der Waals surface area contributed by atoms with E-state index in [1.807, 2.05) is 6.92 Å². The Morgan fingerprint density at radius 2 is 1.87 bits per heavy atom. The topological polar surface area (TPSA) is 142 Å². The molecule has 0 aliphatic carbocycles. The summed E-state index contributed by atoms with van der Waals surface area (Å²) >= 11 is 0. The van der Waals surface area contributed by atoms with E-state index in [4.69, 9.17) is 14.5 Å². The zero-order chi connectivity index (χ0) is 27.4. The molecule has 4 heterocycles. The molecule has 3 aromatic heterocycles. The van der Waals surface area contributed by atoms with Crippen molar-refractivity contribution in [3.63, 3.8) is 0 Å². The number of ether oxygens (including phenoxy) is 2. The second-order valence-electron chi connectivity index (χ2n) is 9.14. The summed E-state index contributed by atoms with van der Waals surface area (Å²) in [4.78, 5) is 34.9. The maximum atomic E-state index is 13.7. The van der Waals surface area contributed by atoms with Crippen molar-refractivity contribution in [2.75, 3.05) is 30.0 Å². The Kier molecular flexibility index (Phi) is 7.27. The third-order valence-corrected chi connectivity index (χ3v) is 6.23. The van der Waals surface area contributed by atoms with Gasteiger partial charge in [0.2, 0.25) is 18.1 Å². The maximum absolute atomic E-state index is 13.7. The van der Waals surface area contributed by atoms with Crippen LogP contribution >= 0.6 is 0 Å². The number of anilines is 2. The number of aromatic amines is 1. The number of rotatable bonds is 7. The van der Waals surface area contributed by atoms with Crippen molar-refractivity contribution in [2.24, 2.45) is 5.41 Å². The number of amides is 1. The average Bonchev–Trinajstić information content (AvgIpc) is 3.41. The Labute approximate surface area is 223 Å². The lowest BCUT2D eigenvalue weighted by Crippen LogP contribution is -2.45.